The van der Waals surface area contributed by atoms with E-state index in [1.54, 1.807) is 0 Å². The van der Waals surface area contributed by atoms with Gasteiger partial charge in [-0.25, -0.2) is 0 Å². The monoisotopic (exact) mass is 463 g/mol. The average Bonchev–Trinajstić information content (AvgIpc) is 2.71. The lowest BCUT2D eigenvalue weighted by molar-refractivity contribution is -0.139. The van der Waals surface area contributed by atoms with E-state index < -0.39 is 53.7 Å². The van der Waals surface area contributed by atoms with Gasteiger partial charge < -0.3 is 36.5 Å². The molecule has 0 fully saturated rings. The highest BCUT2D eigenvalue weighted by molar-refractivity contribution is 8.00. The molecular formula is C19H33N3O8S. The van der Waals surface area contributed by atoms with Gasteiger partial charge in [0, 0.05) is 23.8 Å². The van der Waals surface area contributed by atoms with Crippen LogP contribution in [0.15, 0.2) is 0 Å². The largest absolute Gasteiger partial charge is 0.480 e. The Labute approximate surface area is 185 Å². The van der Waals surface area contributed by atoms with Gasteiger partial charge in [-0.15, -0.1) is 0 Å². The van der Waals surface area contributed by atoms with Gasteiger partial charge in [-0.05, 0) is 12.8 Å². The number of aldehydes is 1. The van der Waals surface area contributed by atoms with Gasteiger partial charge in [0.05, 0.1) is 6.10 Å². The maximum Gasteiger partial charge on any atom is 0.322 e. The Kier molecular flexibility index (Phi) is 15.3. The van der Waals surface area contributed by atoms with Crippen LogP contribution in [0.4, 0.5) is 0 Å². The summed E-state index contributed by atoms with van der Waals surface area (Å²) in [6.07, 6.45) is 2.78. The number of amides is 2. The fourth-order valence-electron chi connectivity index (χ4n) is 2.59. The minimum Gasteiger partial charge on any atom is -0.480 e. The summed E-state index contributed by atoms with van der Waals surface area (Å²) in [6, 6.07) is -2.36. The molecule has 0 aliphatic heterocycles. The van der Waals surface area contributed by atoms with Crippen LogP contribution < -0.4 is 16.4 Å². The van der Waals surface area contributed by atoms with Crippen LogP contribution in [0.1, 0.15) is 51.9 Å². The molecule has 0 heterocycles. The highest BCUT2D eigenvalue weighted by Crippen LogP contribution is 2.22. The molecule has 0 radical (unpaired) electrons. The van der Waals surface area contributed by atoms with E-state index in [1.807, 2.05) is 6.92 Å². The third-order valence-corrected chi connectivity index (χ3v) is 5.86. The molecule has 0 aliphatic rings. The molecule has 0 aromatic heterocycles. The maximum absolute atomic E-state index is 12.3. The van der Waals surface area contributed by atoms with Gasteiger partial charge in [-0.3, -0.25) is 19.2 Å². The van der Waals surface area contributed by atoms with Gasteiger partial charge in [0.15, 0.2) is 0 Å². The zero-order valence-corrected chi connectivity index (χ0v) is 18.4. The average molecular weight is 464 g/mol. The number of carbonyl (C=O) groups is 5. The number of aliphatic hydroxyl groups excluding tert-OH is 1. The number of carbonyl (C=O) groups excluding carboxylic acids is 3. The topological polar surface area (TPSA) is 196 Å². The van der Waals surface area contributed by atoms with Gasteiger partial charge in [0.1, 0.15) is 24.9 Å². The van der Waals surface area contributed by atoms with E-state index in [0.29, 0.717) is 12.7 Å². The summed E-state index contributed by atoms with van der Waals surface area (Å²) < 4.78 is 0. The lowest BCUT2D eigenvalue weighted by Gasteiger charge is -2.24. The molecule has 4 atom stereocenters. The first-order valence-electron chi connectivity index (χ1n) is 10.1. The van der Waals surface area contributed by atoms with Crippen LogP contribution in [0.2, 0.25) is 0 Å². The molecule has 0 saturated heterocycles. The number of carboxylic acids is 2. The summed E-state index contributed by atoms with van der Waals surface area (Å²) in [6.45, 7) is 1.38. The number of hydrogen-bond donors (Lipinski definition) is 6. The van der Waals surface area contributed by atoms with Crippen LogP contribution in [0.25, 0.3) is 0 Å². The number of aliphatic carboxylic acids is 2. The summed E-state index contributed by atoms with van der Waals surface area (Å²) in [5, 5.41) is 32.0. The van der Waals surface area contributed by atoms with E-state index in [2.05, 4.69) is 10.6 Å². The Hall–Kier alpha value is -2.18. The van der Waals surface area contributed by atoms with E-state index in [-0.39, 0.29) is 25.0 Å². The first kappa shape index (κ1) is 28.8. The van der Waals surface area contributed by atoms with Crippen molar-refractivity contribution in [3.8, 4) is 0 Å². The molecule has 31 heavy (non-hydrogen) atoms. The Bertz CT molecular complexity index is 605. The van der Waals surface area contributed by atoms with E-state index in [9.17, 15) is 29.1 Å². The van der Waals surface area contributed by atoms with Crippen molar-refractivity contribution in [1.29, 1.82) is 0 Å². The number of hydrogen-bond acceptors (Lipinski definition) is 8. The Morgan fingerprint density at radius 2 is 1.81 bits per heavy atom. The molecule has 0 spiro atoms. The number of thioether (sulfide) groups is 1. The Morgan fingerprint density at radius 1 is 1.13 bits per heavy atom. The van der Waals surface area contributed by atoms with Crippen molar-refractivity contribution in [3.05, 3.63) is 0 Å². The number of rotatable bonds is 18. The quantitative estimate of drug-likeness (QED) is 0.114. The predicted molar refractivity (Wildman–Crippen MR) is 114 cm³/mol. The van der Waals surface area contributed by atoms with Gasteiger partial charge in [0.25, 0.3) is 0 Å². The van der Waals surface area contributed by atoms with E-state index in [1.165, 1.54) is 0 Å². The summed E-state index contributed by atoms with van der Waals surface area (Å²) in [4.78, 5) is 56.9. The van der Waals surface area contributed by atoms with Crippen LogP contribution >= 0.6 is 11.8 Å². The Balaban J connectivity index is 5.02. The van der Waals surface area contributed by atoms with Crippen molar-refractivity contribution in [2.24, 2.45) is 5.73 Å². The number of unbranched alkanes of at least 4 members (excludes halogenated alkanes) is 2. The van der Waals surface area contributed by atoms with Crippen molar-refractivity contribution in [3.63, 3.8) is 0 Å². The third-order valence-electron chi connectivity index (χ3n) is 4.40. The van der Waals surface area contributed by atoms with Gasteiger partial charge in [0.2, 0.25) is 11.8 Å². The molecule has 0 aliphatic carbocycles. The van der Waals surface area contributed by atoms with Gasteiger partial charge in [-0.2, -0.15) is 11.8 Å². The molecule has 0 rings (SSSR count). The van der Waals surface area contributed by atoms with Crippen molar-refractivity contribution in [1.82, 2.24) is 10.6 Å². The molecule has 0 saturated carbocycles. The van der Waals surface area contributed by atoms with E-state index in [4.69, 9.17) is 15.9 Å². The minimum atomic E-state index is -1.26. The fourth-order valence-corrected chi connectivity index (χ4v) is 3.83. The van der Waals surface area contributed by atoms with Gasteiger partial charge in [-0.1, -0.05) is 26.2 Å². The highest BCUT2D eigenvalue weighted by atomic mass is 32.2. The molecule has 2 amide bonds. The summed E-state index contributed by atoms with van der Waals surface area (Å²) in [5.74, 6) is -3.89. The molecule has 178 valence electrons. The minimum absolute atomic E-state index is 0.00841. The smallest absolute Gasteiger partial charge is 0.322 e. The number of nitrogens with one attached hydrogen (secondary N) is 2. The molecule has 0 unspecified atom stereocenters. The van der Waals surface area contributed by atoms with Crippen molar-refractivity contribution >= 4 is 41.8 Å². The summed E-state index contributed by atoms with van der Waals surface area (Å²) >= 11 is 1.13. The molecule has 12 heteroatoms. The van der Waals surface area contributed by atoms with E-state index >= 15 is 0 Å². The van der Waals surface area contributed by atoms with Crippen molar-refractivity contribution in [2.45, 2.75) is 75.3 Å². The first-order valence-corrected chi connectivity index (χ1v) is 11.2. The van der Waals surface area contributed by atoms with Crippen LogP contribution in [0.3, 0.4) is 0 Å². The van der Waals surface area contributed by atoms with Crippen LogP contribution in [0.5, 0.6) is 0 Å². The second-order valence-corrected chi connectivity index (χ2v) is 8.32. The lowest BCUT2D eigenvalue weighted by atomic mass is 10.1. The molecule has 0 bridgehead atoms. The third kappa shape index (κ3) is 13.7. The molecule has 0 aromatic rings. The zero-order valence-electron chi connectivity index (χ0n) is 17.6. The normalized spacial score (nSPS) is 14.7. The molecule has 11 nitrogen and oxygen atoms in total. The molecule has 7 N–H and O–H groups in total. The van der Waals surface area contributed by atoms with E-state index in [0.717, 1.165) is 31.0 Å². The zero-order chi connectivity index (χ0) is 23.8. The van der Waals surface area contributed by atoms with Crippen LogP contribution in [-0.4, -0.2) is 81.1 Å². The molecule has 0 aromatic carbocycles. The number of aliphatic hydroxyl groups is 1. The summed E-state index contributed by atoms with van der Waals surface area (Å²) in [5.41, 5.74) is 5.36. The number of nitrogens with two attached hydrogens (primary N) is 1. The SMILES string of the molecule is CCCCC[C@@H](O)[C@@H](CC=O)SC[C@H](NC(=O)CC[C@H](N)C(=O)O)C(=O)NCC(=O)O. The fraction of sp³-hybridized carbons (Fsp3) is 0.737. The van der Waals surface area contributed by atoms with Crippen LogP contribution in [0, 0.1) is 0 Å². The second kappa shape index (κ2) is 16.5. The highest BCUT2D eigenvalue weighted by Gasteiger charge is 2.26. The Morgan fingerprint density at radius 3 is 2.35 bits per heavy atom. The second-order valence-electron chi connectivity index (χ2n) is 7.05. The number of carboxylic acid groups (broad SMARTS) is 2. The molecular weight excluding hydrogens is 430 g/mol. The van der Waals surface area contributed by atoms with Crippen LogP contribution in [-0.2, 0) is 24.0 Å². The maximum atomic E-state index is 12.3. The van der Waals surface area contributed by atoms with Gasteiger partial charge >= 0.3 is 11.9 Å². The summed E-state index contributed by atoms with van der Waals surface area (Å²) in [7, 11) is 0. The predicted octanol–water partition coefficient (Wildman–Crippen LogP) is -0.504. The van der Waals surface area contributed by atoms with Crippen molar-refractivity contribution in [2.75, 3.05) is 12.3 Å². The van der Waals surface area contributed by atoms with Crippen molar-refractivity contribution < 1.29 is 39.3 Å². The standard InChI is InChI=1S/C19H33N3O8S/c1-2-3-4-5-14(24)15(8-9-23)31-11-13(18(28)21-10-17(26)27)22-16(25)7-6-12(20)19(29)30/h9,12-15,24H,2-8,10-11,20H2,1H3,(H,21,28)(H,22,25)(H,26,27)(H,29,30)/t12-,13-,14+,15+/m0/s1. The lowest BCUT2D eigenvalue weighted by Crippen LogP contribution is -2.50. The first-order chi connectivity index (χ1) is 14.6.